The minimum absolute atomic E-state index is 0.0147. The number of carboxylic acid groups (broad SMARTS) is 1. The maximum Gasteiger partial charge on any atom is 0.305 e. The lowest BCUT2D eigenvalue weighted by atomic mass is 10.0. The van der Waals surface area contributed by atoms with Crippen LogP contribution in [0.4, 0.5) is 0 Å². The number of aryl methyl sites for hydroxylation is 1. The largest absolute Gasteiger partial charge is 0.481 e. The highest BCUT2D eigenvalue weighted by Crippen LogP contribution is 2.32. The van der Waals surface area contributed by atoms with Gasteiger partial charge in [0, 0.05) is 10.0 Å². The van der Waals surface area contributed by atoms with Crippen LogP contribution in [-0.2, 0) is 4.79 Å². The summed E-state index contributed by atoms with van der Waals surface area (Å²) >= 11 is 3.55. The van der Waals surface area contributed by atoms with E-state index in [4.69, 9.17) is 5.11 Å². The van der Waals surface area contributed by atoms with Gasteiger partial charge in [-0.1, -0.05) is 26.0 Å². The van der Waals surface area contributed by atoms with Crippen LogP contribution in [0.25, 0.3) is 11.4 Å². The summed E-state index contributed by atoms with van der Waals surface area (Å²) in [7, 11) is 0. The van der Waals surface area contributed by atoms with E-state index in [0.717, 1.165) is 15.6 Å². The van der Waals surface area contributed by atoms with Crippen molar-refractivity contribution in [2.45, 2.75) is 33.2 Å². The minimum atomic E-state index is -0.863. The molecule has 1 aromatic carbocycles. The molecule has 21 heavy (non-hydrogen) atoms. The van der Waals surface area contributed by atoms with E-state index >= 15 is 0 Å². The van der Waals surface area contributed by atoms with Crippen LogP contribution in [0.3, 0.4) is 0 Å². The lowest BCUT2D eigenvalue weighted by Gasteiger charge is -2.20. The number of carboxylic acids is 1. The van der Waals surface area contributed by atoms with Crippen molar-refractivity contribution in [2.75, 3.05) is 0 Å². The molecule has 0 fully saturated rings. The van der Waals surface area contributed by atoms with E-state index in [-0.39, 0.29) is 18.4 Å². The molecule has 1 aromatic heterocycles. The van der Waals surface area contributed by atoms with Crippen LogP contribution in [0, 0.1) is 12.8 Å². The quantitative estimate of drug-likeness (QED) is 0.893. The van der Waals surface area contributed by atoms with Crippen molar-refractivity contribution in [3.8, 4) is 11.4 Å². The molecule has 7 heteroatoms. The molecule has 112 valence electrons. The first-order valence-electron chi connectivity index (χ1n) is 6.67. The summed E-state index contributed by atoms with van der Waals surface area (Å²) in [6.07, 6.45) is -0.0147. The van der Waals surface area contributed by atoms with E-state index in [1.54, 1.807) is 4.68 Å². The Hall–Kier alpha value is -1.76. The maximum atomic E-state index is 11.1. The highest BCUT2D eigenvalue weighted by Gasteiger charge is 2.25. The third kappa shape index (κ3) is 3.29. The topological polar surface area (TPSA) is 80.9 Å². The third-order valence-corrected chi connectivity index (χ3v) is 4.45. The van der Waals surface area contributed by atoms with Crippen LogP contribution >= 0.6 is 15.9 Å². The molecule has 6 nitrogen and oxygen atoms in total. The van der Waals surface area contributed by atoms with Gasteiger partial charge in [-0.3, -0.25) is 4.79 Å². The van der Waals surface area contributed by atoms with Gasteiger partial charge in [-0.05, 0) is 50.8 Å². The molecule has 0 aliphatic carbocycles. The number of halogens is 1. The van der Waals surface area contributed by atoms with Crippen molar-refractivity contribution in [1.82, 2.24) is 20.2 Å². The number of hydrogen-bond donors (Lipinski definition) is 1. The van der Waals surface area contributed by atoms with E-state index in [1.165, 1.54) is 0 Å². The molecule has 1 atom stereocenters. The second-order valence-corrected chi connectivity index (χ2v) is 6.09. The Morgan fingerprint density at radius 1 is 1.43 bits per heavy atom. The lowest BCUT2D eigenvalue weighted by molar-refractivity contribution is -0.138. The average molecular weight is 353 g/mol. The number of rotatable bonds is 5. The third-order valence-electron chi connectivity index (χ3n) is 3.39. The summed E-state index contributed by atoms with van der Waals surface area (Å²) in [5.74, 6) is -0.184. The van der Waals surface area contributed by atoms with Crippen molar-refractivity contribution in [3.63, 3.8) is 0 Å². The van der Waals surface area contributed by atoms with Crippen molar-refractivity contribution in [1.29, 1.82) is 0 Å². The molecule has 0 saturated carbocycles. The molecule has 1 heterocycles. The Morgan fingerprint density at radius 3 is 2.76 bits per heavy atom. The molecule has 0 aliphatic rings. The number of carbonyl (C=O) groups is 1. The van der Waals surface area contributed by atoms with E-state index in [9.17, 15) is 4.79 Å². The van der Waals surface area contributed by atoms with Gasteiger partial charge in [0.1, 0.15) is 0 Å². The summed E-state index contributed by atoms with van der Waals surface area (Å²) in [6, 6.07) is 5.53. The van der Waals surface area contributed by atoms with E-state index < -0.39 is 5.97 Å². The minimum Gasteiger partial charge on any atom is -0.481 e. The van der Waals surface area contributed by atoms with Crippen molar-refractivity contribution in [3.05, 3.63) is 28.2 Å². The molecule has 0 radical (unpaired) electrons. The van der Waals surface area contributed by atoms with Crippen LogP contribution in [-0.4, -0.2) is 31.3 Å². The van der Waals surface area contributed by atoms with Crippen LogP contribution in [0.5, 0.6) is 0 Å². The summed E-state index contributed by atoms with van der Waals surface area (Å²) < 4.78 is 2.53. The molecule has 1 N–H and O–H groups in total. The van der Waals surface area contributed by atoms with Gasteiger partial charge in [0.05, 0.1) is 12.5 Å². The number of hydrogen-bond acceptors (Lipinski definition) is 4. The second-order valence-electron chi connectivity index (χ2n) is 5.29. The normalized spacial score (nSPS) is 12.6. The fraction of sp³-hybridized carbons (Fsp3) is 0.429. The Balaban J connectivity index is 2.51. The molecule has 0 spiro atoms. The molecule has 0 aliphatic heterocycles. The summed E-state index contributed by atoms with van der Waals surface area (Å²) in [5, 5.41) is 20.9. The van der Waals surface area contributed by atoms with Crippen LogP contribution in [0.1, 0.15) is 31.9 Å². The molecule has 2 aromatic rings. The van der Waals surface area contributed by atoms with E-state index in [2.05, 4.69) is 31.5 Å². The number of aliphatic carboxylic acids is 1. The number of benzene rings is 1. The molecule has 1 unspecified atom stereocenters. The van der Waals surface area contributed by atoms with E-state index in [0.29, 0.717) is 5.82 Å². The Morgan fingerprint density at radius 2 is 2.14 bits per heavy atom. The predicted molar refractivity (Wildman–Crippen MR) is 81.8 cm³/mol. The molecule has 0 amide bonds. The SMILES string of the molecule is Cc1cccc(-c2nnnn2C(CC(=O)O)C(C)C)c1Br. The van der Waals surface area contributed by atoms with Gasteiger partial charge >= 0.3 is 5.97 Å². The van der Waals surface area contributed by atoms with Crippen molar-refractivity contribution >= 4 is 21.9 Å². The molecule has 0 saturated heterocycles. The first-order chi connectivity index (χ1) is 9.91. The zero-order valence-corrected chi connectivity index (χ0v) is 13.7. The van der Waals surface area contributed by atoms with Gasteiger partial charge in [-0.25, -0.2) is 4.68 Å². The highest BCUT2D eigenvalue weighted by molar-refractivity contribution is 9.10. The molecular formula is C14H17BrN4O2. The first kappa shape index (κ1) is 15.6. The standard InChI is InChI=1S/C14H17BrN4O2/c1-8(2)11(7-12(20)21)19-14(16-17-18-19)10-6-4-5-9(3)13(10)15/h4-6,8,11H,7H2,1-3H3,(H,20,21). The number of tetrazole rings is 1. The lowest BCUT2D eigenvalue weighted by Crippen LogP contribution is -2.21. The second kappa shape index (κ2) is 6.34. The monoisotopic (exact) mass is 352 g/mol. The number of nitrogens with zero attached hydrogens (tertiary/aromatic N) is 4. The fourth-order valence-electron chi connectivity index (χ4n) is 2.20. The van der Waals surface area contributed by atoms with Gasteiger partial charge in [0.15, 0.2) is 5.82 Å². The zero-order valence-electron chi connectivity index (χ0n) is 12.1. The smallest absolute Gasteiger partial charge is 0.305 e. The van der Waals surface area contributed by atoms with Gasteiger partial charge < -0.3 is 5.11 Å². The maximum absolute atomic E-state index is 11.1. The molecular weight excluding hydrogens is 336 g/mol. The van der Waals surface area contributed by atoms with Crippen LogP contribution < -0.4 is 0 Å². The Bertz CT molecular complexity index is 654. The van der Waals surface area contributed by atoms with Gasteiger partial charge in [0.25, 0.3) is 0 Å². The fourth-order valence-corrected chi connectivity index (χ4v) is 2.64. The Kier molecular flexibility index (Phi) is 4.72. The summed E-state index contributed by atoms with van der Waals surface area (Å²) in [4.78, 5) is 11.1. The Labute approximate surface area is 131 Å². The van der Waals surface area contributed by atoms with Crippen molar-refractivity contribution in [2.24, 2.45) is 5.92 Å². The molecule has 0 bridgehead atoms. The van der Waals surface area contributed by atoms with Crippen LogP contribution in [0.15, 0.2) is 22.7 Å². The highest BCUT2D eigenvalue weighted by atomic mass is 79.9. The average Bonchev–Trinajstić information content (AvgIpc) is 2.87. The molecule has 2 rings (SSSR count). The zero-order chi connectivity index (χ0) is 15.6. The van der Waals surface area contributed by atoms with E-state index in [1.807, 2.05) is 39.0 Å². The summed E-state index contributed by atoms with van der Waals surface area (Å²) in [5.41, 5.74) is 1.93. The number of aromatic nitrogens is 4. The van der Waals surface area contributed by atoms with Gasteiger partial charge in [-0.2, -0.15) is 0 Å². The van der Waals surface area contributed by atoms with Crippen molar-refractivity contribution < 1.29 is 9.90 Å². The predicted octanol–water partition coefficient (Wildman–Crippen LogP) is 3.08. The van der Waals surface area contributed by atoms with Gasteiger partial charge in [-0.15, -0.1) is 5.10 Å². The first-order valence-corrected chi connectivity index (χ1v) is 7.46. The van der Waals surface area contributed by atoms with Crippen LogP contribution in [0.2, 0.25) is 0 Å². The summed E-state index contributed by atoms with van der Waals surface area (Å²) in [6.45, 7) is 5.91. The van der Waals surface area contributed by atoms with Gasteiger partial charge in [0.2, 0.25) is 0 Å².